The SMILES string of the molecule is COc1ccc([C@H](C)NCC2CCOCO2)cc1. The highest BCUT2D eigenvalue weighted by atomic mass is 16.7. The van der Waals surface area contributed by atoms with Crippen LogP contribution >= 0.6 is 0 Å². The second-order valence-electron chi connectivity index (χ2n) is 4.51. The first-order chi connectivity index (χ1) is 8.79. The molecule has 0 saturated carbocycles. The molecule has 100 valence electrons. The molecule has 2 rings (SSSR count). The minimum Gasteiger partial charge on any atom is -0.497 e. The van der Waals surface area contributed by atoms with E-state index >= 15 is 0 Å². The highest BCUT2D eigenvalue weighted by Gasteiger charge is 2.15. The lowest BCUT2D eigenvalue weighted by Gasteiger charge is -2.25. The molecule has 1 aromatic rings. The van der Waals surface area contributed by atoms with Crippen LogP contribution in [0.15, 0.2) is 24.3 Å². The maximum atomic E-state index is 5.50. The van der Waals surface area contributed by atoms with Crippen LogP contribution in [0.2, 0.25) is 0 Å². The quantitative estimate of drug-likeness (QED) is 0.870. The number of hydrogen-bond acceptors (Lipinski definition) is 4. The standard InChI is InChI=1S/C14H21NO3/c1-11(12-3-5-13(16-2)6-4-12)15-9-14-7-8-17-10-18-14/h3-6,11,14-15H,7-10H2,1-2H3/t11-,14?/m0/s1. The summed E-state index contributed by atoms with van der Waals surface area (Å²) in [7, 11) is 1.68. The Morgan fingerprint density at radius 3 is 2.78 bits per heavy atom. The minimum atomic E-state index is 0.263. The van der Waals surface area contributed by atoms with Crippen LogP contribution in [0.1, 0.15) is 24.9 Å². The van der Waals surface area contributed by atoms with Gasteiger partial charge in [-0.05, 0) is 31.0 Å². The lowest BCUT2D eigenvalue weighted by atomic mass is 10.1. The van der Waals surface area contributed by atoms with Crippen LogP contribution in [-0.2, 0) is 9.47 Å². The van der Waals surface area contributed by atoms with Gasteiger partial charge in [-0.25, -0.2) is 0 Å². The van der Waals surface area contributed by atoms with Crippen LogP contribution in [0.5, 0.6) is 5.75 Å². The summed E-state index contributed by atoms with van der Waals surface area (Å²) in [6, 6.07) is 8.45. The number of nitrogens with one attached hydrogen (secondary N) is 1. The Bertz CT molecular complexity index is 347. The van der Waals surface area contributed by atoms with Gasteiger partial charge in [-0.15, -0.1) is 0 Å². The summed E-state index contributed by atoms with van der Waals surface area (Å²) in [6.07, 6.45) is 1.22. The molecule has 1 fully saturated rings. The molecule has 0 aliphatic carbocycles. The van der Waals surface area contributed by atoms with E-state index in [1.165, 1.54) is 5.56 Å². The van der Waals surface area contributed by atoms with Gasteiger partial charge in [-0.3, -0.25) is 0 Å². The average Bonchev–Trinajstić information content (AvgIpc) is 2.46. The van der Waals surface area contributed by atoms with E-state index in [0.29, 0.717) is 12.8 Å². The number of benzene rings is 1. The van der Waals surface area contributed by atoms with Gasteiger partial charge in [-0.1, -0.05) is 12.1 Å². The molecule has 4 heteroatoms. The molecule has 1 heterocycles. The molecule has 0 spiro atoms. The van der Waals surface area contributed by atoms with E-state index in [-0.39, 0.29) is 6.10 Å². The fraction of sp³-hybridized carbons (Fsp3) is 0.571. The van der Waals surface area contributed by atoms with E-state index in [4.69, 9.17) is 14.2 Å². The first-order valence-corrected chi connectivity index (χ1v) is 6.36. The summed E-state index contributed by atoms with van der Waals surface area (Å²) in [5.41, 5.74) is 1.25. The van der Waals surface area contributed by atoms with Crippen molar-refractivity contribution in [3.63, 3.8) is 0 Å². The Hall–Kier alpha value is -1.10. The number of hydrogen-bond donors (Lipinski definition) is 1. The number of methoxy groups -OCH3 is 1. The predicted octanol–water partition coefficient (Wildman–Crippen LogP) is 2.11. The molecule has 2 atom stereocenters. The van der Waals surface area contributed by atoms with Crippen molar-refractivity contribution in [1.82, 2.24) is 5.32 Å². The molecule has 0 aromatic heterocycles. The summed E-state index contributed by atoms with van der Waals surface area (Å²) < 4.78 is 15.8. The molecule has 1 N–H and O–H groups in total. The van der Waals surface area contributed by atoms with E-state index in [9.17, 15) is 0 Å². The molecular weight excluding hydrogens is 230 g/mol. The third-order valence-electron chi connectivity index (χ3n) is 3.24. The van der Waals surface area contributed by atoms with Gasteiger partial charge in [0.25, 0.3) is 0 Å². The fourth-order valence-corrected chi connectivity index (χ4v) is 1.98. The average molecular weight is 251 g/mol. The van der Waals surface area contributed by atoms with Gasteiger partial charge < -0.3 is 19.5 Å². The summed E-state index contributed by atoms with van der Waals surface area (Å²) in [6.45, 7) is 4.23. The van der Waals surface area contributed by atoms with Crippen molar-refractivity contribution < 1.29 is 14.2 Å². The van der Waals surface area contributed by atoms with E-state index in [2.05, 4.69) is 24.4 Å². The van der Waals surface area contributed by atoms with Crippen molar-refractivity contribution in [2.24, 2.45) is 0 Å². The molecule has 0 bridgehead atoms. The summed E-state index contributed by atoms with van der Waals surface area (Å²) in [5.74, 6) is 0.888. The summed E-state index contributed by atoms with van der Waals surface area (Å²) >= 11 is 0. The first kappa shape index (κ1) is 13.3. The highest BCUT2D eigenvalue weighted by molar-refractivity contribution is 5.28. The van der Waals surface area contributed by atoms with Crippen LogP contribution in [0.4, 0.5) is 0 Å². The second-order valence-corrected chi connectivity index (χ2v) is 4.51. The smallest absolute Gasteiger partial charge is 0.147 e. The van der Waals surface area contributed by atoms with Crippen molar-refractivity contribution in [2.45, 2.75) is 25.5 Å². The summed E-state index contributed by atoms with van der Waals surface area (Å²) in [4.78, 5) is 0. The Balaban J connectivity index is 1.80. The van der Waals surface area contributed by atoms with E-state index < -0.39 is 0 Å². The van der Waals surface area contributed by atoms with Gasteiger partial charge in [0.15, 0.2) is 0 Å². The molecule has 1 aliphatic rings. The maximum absolute atomic E-state index is 5.50. The van der Waals surface area contributed by atoms with Gasteiger partial charge in [0.05, 0.1) is 19.8 Å². The van der Waals surface area contributed by atoms with Gasteiger partial charge in [0.1, 0.15) is 12.5 Å². The van der Waals surface area contributed by atoms with Gasteiger partial charge in [0, 0.05) is 12.6 Å². The molecular formula is C14H21NO3. The molecule has 4 nitrogen and oxygen atoms in total. The zero-order chi connectivity index (χ0) is 12.8. The van der Waals surface area contributed by atoms with Crippen molar-refractivity contribution in [3.05, 3.63) is 29.8 Å². The largest absolute Gasteiger partial charge is 0.497 e. The first-order valence-electron chi connectivity index (χ1n) is 6.36. The zero-order valence-corrected chi connectivity index (χ0v) is 11.0. The van der Waals surface area contributed by atoms with Gasteiger partial charge >= 0.3 is 0 Å². The highest BCUT2D eigenvalue weighted by Crippen LogP contribution is 2.17. The molecule has 1 aromatic carbocycles. The van der Waals surface area contributed by atoms with Crippen LogP contribution in [0.3, 0.4) is 0 Å². The third-order valence-corrected chi connectivity index (χ3v) is 3.24. The third kappa shape index (κ3) is 3.70. The van der Waals surface area contributed by atoms with Crippen LogP contribution in [0, 0.1) is 0 Å². The van der Waals surface area contributed by atoms with Gasteiger partial charge in [-0.2, -0.15) is 0 Å². The van der Waals surface area contributed by atoms with E-state index in [1.807, 2.05) is 12.1 Å². The van der Waals surface area contributed by atoms with Crippen molar-refractivity contribution in [2.75, 3.05) is 27.1 Å². The molecule has 0 amide bonds. The second kappa shape index (κ2) is 6.73. The molecule has 1 unspecified atom stereocenters. The number of rotatable bonds is 5. The lowest BCUT2D eigenvalue weighted by Crippen LogP contribution is -2.35. The molecule has 1 aliphatic heterocycles. The maximum Gasteiger partial charge on any atom is 0.147 e. The van der Waals surface area contributed by atoms with Crippen LogP contribution in [-0.4, -0.2) is 33.2 Å². The Labute approximate surface area is 108 Å². The Kier molecular flexibility index (Phi) is 4.99. The number of ether oxygens (including phenoxy) is 3. The van der Waals surface area contributed by atoms with Crippen molar-refractivity contribution in [1.29, 1.82) is 0 Å². The van der Waals surface area contributed by atoms with Gasteiger partial charge in [0.2, 0.25) is 0 Å². The molecule has 18 heavy (non-hydrogen) atoms. The fourth-order valence-electron chi connectivity index (χ4n) is 1.98. The van der Waals surface area contributed by atoms with E-state index in [1.54, 1.807) is 7.11 Å². The minimum absolute atomic E-state index is 0.263. The topological polar surface area (TPSA) is 39.7 Å². The van der Waals surface area contributed by atoms with Crippen molar-refractivity contribution >= 4 is 0 Å². The monoisotopic (exact) mass is 251 g/mol. The Morgan fingerprint density at radius 2 is 2.17 bits per heavy atom. The Morgan fingerprint density at radius 1 is 1.39 bits per heavy atom. The summed E-state index contributed by atoms with van der Waals surface area (Å²) in [5, 5.41) is 3.48. The van der Waals surface area contributed by atoms with Crippen LogP contribution in [0.25, 0.3) is 0 Å². The normalized spacial score (nSPS) is 21.6. The molecule has 1 saturated heterocycles. The zero-order valence-electron chi connectivity index (χ0n) is 11.0. The van der Waals surface area contributed by atoms with Crippen molar-refractivity contribution in [3.8, 4) is 5.75 Å². The predicted molar refractivity (Wildman–Crippen MR) is 69.7 cm³/mol. The lowest BCUT2D eigenvalue weighted by molar-refractivity contribution is -0.137. The van der Waals surface area contributed by atoms with Crippen LogP contribution < -0.4 is 10.1 Å². The molecule has 0 radical (unpaired) electrons. The van der Waals surface area contributed by atoms with E-state index in [0.717, 1.165) is 25.3 Å².